The van der Waals surface area contributed by atoms with Gasteiger partial charge in [0.2, 0.25) is 5.91 Å². The molecule has 21 heavy (non-hydrogen) atoms. The van der Waals surface area contributed by atoms with Crippen LogP contribution in [-0.2, 0) is 9.59 Å². The quantitative estimate of drug-likeness (QED) is 0.787. The summed E-state index contributed by atoms with van der Waals surface area (Å²) >= 11 is 0. The van der Waals surface area contributed by atoms with Gasteiger partial charge in [0.05, 0.1) is 12.2 Å². The van der Waals surface area contributed by atoms with Gasteiger partial charge in [0.1, 0.15) is 5.65 Å². The Bertz CT molecular complexity index is 705. The molecule has 0 aliphatic heterocycles. The lowest BCUT2D eigenvalue weighted by Gasteiger charge is -2.16. The van der Waals surface area contributed by atoms with E-state index in [1.54, 1.807) is 29.6 Å². The summed E-state index contributed by atoms with van der Waals surface area (Å²) in [5, 5.41) is 11.3. The van der Waals surface area contributed by atoms with Crippen LogP contribution in [0.2, 0.25) is 0 Å². The average molecular weight is 288 g/mol. The van der Waals surface area contributed by atoms with Crippen LogP contribution in [0.25, 0.3) is 11.7 Å². The summed E-state index contributed by atoms with van der Waals surface area (Å²) in [7, 11) is 3.29. The molecule has 0 spiro atoms. The number of amides is 1. The molecule has 2 rings (SSSR count). The minimum atomic E-state index is -1.04. The number of imidazole rings is 1. The molecule has 2 aromatic rings. The number of likely N-dealkylation sites (N-methyl/N-ethyl adjacent to an activating group) is 2. The zero-order chi connectivity index (χ0) is 15.4. The highest BCUT2D eigenvalue weighted by Gasteiger charge is 2.15. The van der Waals surface area contributed by atoms with Crippen molar-refractivity contribution in [2.45, 2.75) is 0 Å². The third kappa shape index (κ3) is 3.19. The van der Waals surface area contributed by atoms with Crippen LogP contribution < -0.4 is 10.2 Å². The largest absolute Gasteiger partial charge is 0.478 e. The number of carbonyl (C=O) groups is 2. The van der Waals surface area contributed by atoms with Crippen molar-refractivity contribution in [3.05, 3.63) is 36.2 Å². The molecule has 7 nitrogen and oxygen atoms in total. The van der Waals surface area contributed by atoms with Crippen molar-refractivity contribution in [3.63, 3.8) is 0 Å². The number of rotatable bonds is 5. The first-order valence-corrected chi connectivity index (χ1v) is 6.32. The lowest BCUT2D eigenvalue weighted by Crippen LogP contribution is -2.33. The van der Waals surface area contributed by atoms with E-state index >= 15 is 0 Å². The Hall–Kier alpha value is -2.83. The Kier molecular flexibility index (Phi) is 4.22. The standard InChI is InChI=1S/C14H16N4O3/c1-15-12(19)9-17(2)14-10(6-7-13(20)21)18-8-4-3-5-11(18)16-14/h3-8H,9H2,1-2H3,(H,15,19)(H,20,21)/b7-6+. The summed E-state index contributed by atoms with van der Waals surface area (Å²) < 4.78 is 1.77. The topological polar surface area (TPSA) is 86.9 Å². The minimum absolute atomic E-state index is 0.133. The maximum Gasteiger partial charge on any atom is 0.328 e. The molecule has 0 saturated carbocycles. The molecule has 0 aromatic carbocycles. The molecule has 0 aliphatic rings. The number of hydrogen-bond acceptors (Lipinski definition) is 4. The van der Waals surface area contributed by atoms with Crippen molar-refractivity contribution in [3.8, 4) is 0 Å². The Morgan fingerprint density at radius 2 is 2.24 bits per heavy atom. The molecule has 0 unspecified atom stereocenters. The number of carboxylic acids is 1. The Morgan fingerprint density at radius 3 is 2.90 bits per heavy atom. The molecule has 1 amide bonds. The van der Waals surface area contributed by atoms with Gasteiger partial charge in [0.15, 0.2) is 5.82 Å². The van der Waals surface area contributed by atoms with E-state index in [9.17, 15) is 9.59 Å². The number of hydrogen-bond donors (Lipinski definition) is 2. The number of aliphatic carboxylic acids is 1. The lowest BCUT2D eigenvalue weighted by molar-refractivity contribution is -0.131. The van der Waals surface area contributed by atoms with Gasteiger partial charge in [-0.2, -0.15) is 0 Å². The molecule has 2 heterocycles. The maximum atomic E-state index is 11.5. The highest BCUT2D eigenvalue weighted by Crippen LogP contribution is 2.22. The number of nitrogens with zero attached hydrogens (tertiary/aromatic N) is 3. The minimum Gasteiger partial charge on any atom is -0.478 e. The van der Waals surface area contributed by atoms with Crippen molar-refractivity contribution >= 4 is 29.4 Å². The molecule has 7 heteroatoms. The van der Waals surface area contributed by atoms with E-state index in [-0.39, 0.29) is 12.5 Å². The molecule has 0 bridgehead atoms. The summed E-state index contributed by atoms with van der Waals surface area (Å²) in [4.78, 5) is 28.3. The van der Waals surface area contributed by atoms with Crippen LogP contribution in [0.1, 0.15) is 5.69 Å². The van der Waals surface area contributed by atoms with Gasteiger partial charge in [-0.15, -0.1) is 0 Å². The summed E-state index contributed by atoms with van der Waals surface area (Å²) in [6, 6.07) is 5.49. The second-order valence-corrected chi connectivity index (χ2v) is 4.45. The number of pyridine rings is 1. The summed E-state index contributed by atoms with van der Waals surface area (Å²) in [5.74, 6) is -0.647. The fraction of sp³-hybridized carbons (Fsp3) is 0.214. The maximum absolute atomic E-state index is 11.5. The predicted molar refractivity (Wildman–Crippen MR) is 79.2 cm³/mol. The van der Waals surface area contributed by atoms with Gasteiger partial charge >= 0.3 is 5.97 Å². The van der Waals surface area contributed by atoms with Crippen molar-refractivity contribution in [1.82, 2.24) is 14.7 Å². The fourth-order valence-corrected chi connectivity index (χ4v) is 1.96. The number of carboxylic acid groups (broad SMARTS) is 1. The Balaban J connectivity index is 2.48. The summed E-state index contributed by atoms with van der Waals surface area (Å²) in [6.45, 7) is 0.133. The Labute approximate surface area is 121 Å². The van der Waals surface area contributed by atoms with E-state index in [1.165, 1.54) is 6.08 Å². The molecular formula is C14H16N4O3. The van der Waals surface area contributed by atoms with Crippen molar-refractivity contribution in [2.75, 3.05) is 25.5 Å². The average Bonchev–Trinajstić information content (AvgIpc) is 2.83. The van der Waals surface area contributed by atoms with Crippen LogP contribution in [0.3, 0.4) is 0 Å². The highest BCUT2D eigenvalue weighted by atomic mass is 16.4. The van der Waals surface area contributed by atoms with E-state index in [0.717, 1.165) is 6.08 Å². The molecule has 2 aromatic heterocycles. The second-order valence-electron chi connectivity index (χ2n) is 4.45. The van der Waals surface area contributed by atoms with Crippen molar-refractivity contribution in [2.24, 2.45) is 0 Å². The molecule has 0 fully saturated rings. The zero-order valence-corrected chi connectivity index (χ0v) is 11.8. The van der Waals surface area contributed by atoms with Crippen LogP contribution >= 0.6 is 0 Å². The van der Waals surface area contributed by atoms with Crippen LogP contribution in [0.15, 0.2) is 30.5 Å². The first-order valence-electron chi connectivity index (χ1n) is 6.32. The van der Waals surface area contributed by atoms with Crippen molar-refractivity contribution < 1.29 is 14.7 Å². The molecule has 0 aliphatic carbocycles. The molecule has 0 atom stereocenters. The van der Waals surface area contributed by atoms with E-state index in [0.29, 0.717) is 17.2 Å². The number of aromatic nitrogens is 2. The van der Waals surface area contributed by atoms with Crippen LogP contribution in [-0.4, -0.2) is 47.0 Å². The van der Waals surface area contributed by atoms with E-state index in [4.69, 9.17) is 5.11 Å². The molecule has 110 valence electrons. The van der Waals surface area contributed by atoms with E-state index in [2.05, 4.69) is 10.3 Å². The van der Waals surface area contributed by atoms with E-state index < -0.39 is 5.97 Å². The second kappa shape index (κ2) is 6.08. The highest BCUT2D eigenvalue weighted by molar-refractivity contribution is 5.87. The number of carbonyl (C=O) groups excluding carboxylic acids is 1. The normalized spacial score (nSPS) is 11.0. The number of nitrogens with one attached hydrogen (secondary N) is 1. The first-order chi connectivity index (χ1) is 10.0. The monoisotopic (exact) mass is 288 g/mol. The molecule has 0 radical (unpaired) electrons. The SMILES string of the molecule is CNC(=O)CN(C)c1nc2ccccn2c1/C=C/C(=O)O. The van der Waals surface area contributed by atoms with Crippen LogP contribution in [0, 0.1) is 0 Å². The smallest absolute Gasteiger partial charge is 0.328 e. The van der Waals surface area contributed by atoms with Gasteiger partial charge in [0.25, 0.3) is 0 Å². The Morgan fingerprint density at radius 1 is 1.48 bits per heavy atom. The number of anilines is 1. The van der Waals surface area contributed by atoms with Gasteiger partial charge in [-0.1, -0.05) is 6.07 Å². The first kappa shape index (κ1) is 14.6. The van der Waals surface area contributed by atoms with Gasteiger partial charge in [-0.25, -0.2) is 9.78 Å². The van der Waals surface area contributed by atoms with Gasteiger partial charge in [-0.3, -0.25) is 9.20 Å². The molecular weight excluding hydrogens is 272 g/mol. The summed E-state index contributed by atoms with van der Waals surface area (Å²) in [6.07, 6.45) is 4.31. The third-order valence-corrected chi connectivity index (χ3v) is 2.95. The van der Waals surface area contributed by atoms with E-state index in [1.807, 2.05) is 18.2 Å². The molecule has 2 N–H and O–H groups in total. The third-order valence-electron chi connectivity index (χ3n) is 2.95. The zero-order valence-electron chi connectivity index (χ0n) is 11.8. The van der Waals surface area contributed by atoms with Crippen LogP contribution in [0.5, 0.6) is 0 Å². The predicted octanol–water partition coefficient (Wildman–Crippen LogP) is 0.614. The van der Waals surface area contributed by atoms with Gasteiger partial charge < -0.3 is 15.3 Å². The van der Waals surface area contributed by atoms with Gasteiger partial charge in [-0.05, 0) is 18.2 Å². The molecule has 0 saturated heterocycles. The summed E-state index contributed by atoms with van der Waals surface area (Å²) in [5.41, 5.74) is 1.29. The number of fused-ring (bicyclic) bond motifs is 1. The van der Waals surface area contributed by atoms with Crippen molar-refractivity contribution in [1.29, 1.82) is 0 Å². The lowest BCUT2D eigenvalue weighted by atomic mass is 10.3. The fourth-order valence-electron chi connectivity index (χ4n) is 1.96. The van der Waals surface area contributed by atoms with Gasteiger partial charge in [0, 0.05) is 26.4 Å². The van der Waals surface area contributed by atoms with Crippen LogP contribution in [0.4, 0.5) is 5.82 Å².